The molecule has 0 spiro atoms. The number of anilines is 3. The molecule has 6 N–H and O–H groups in total. The molecule has 0 aliphatic heterocycles. The summed E-state index contributed by atoms with van der Waals surface area (Å²) in [6.45, 7) is 8.30. The number of fused-ring (bicyclic) bond motifs is 1. The molecule has 0 unspecified atom stereocenters. The van der Waals surface area contributed by atoms with E-state index in [1.54, 1.807) is 0 Å². The molecule has 186 valence electrons. The molecule has 7 nitrogen and oxygen atoms in total. The predicted molar refractivity (Wildman–Crippen MR) is 144 cm³/mol. The number of nitrogens with two attached hydrogens (primary N) is 2. The average Bonchev–Trinajstić information content (AvgIpc) is 2.83. The molecule has 0 saturated heterocycles. The first-order valence-corrected chi connectivity index (χ1v) is 12.6. The van der Waals surface area contributed by atoms with Gasteiger partial charge in [0.05, 0.1) is 5.52 Å². The number of nitrogens with one attached hydrogen (secondary N) is 2. The number of amides is 1. The fourth-order valence-corrected chi connectivity index (χ4v) is 5.00. The van der Waals surface area contributed by atoms with Gasteiger partial charge in [-0.3, -0.25) is 4.79 Å². The minimum absolute atomic E-state index is 0.177. The van der Waals surface area contributed by atoms with E-state index in [-0.39, 0.29) is 17.8 Å². The summed E-state index contributed by atoms with van der Waals surface area (Å²) >= 11 is 0. The summed E-state index contributed by atoms with van der Waals surface area (Å²) < 4.78 is 0. The molecule has 3 aromatic rings. The van der Waals surface area contributed by atoms with E-state index in [1.807, 2.05) is 18.2 Å². The highest BCUT2D eigenvalue weighted by atomic mass is 16.1. The van der Waals surface area contributed by atoms with Crippen LogP contribution in [0.5, 0.6) is 0 Å². The molecule has 4 rings (SSSR count). The summed E-state index contributed by atoms with van der Waals surface area (Å²) in [5, 5.41) is 7.36. The summed E-state index contributed by atoms with van der Waals surface area (Å²) in [5.74, 6) is 1.69. The number of nitrogens with zero attached hydrogens (tertiary/aromatic N) is 2. The zero-order valence-electron chi connectivity index (χ0n) is 21.1. The van der Waals surface area contributed by atoms with Gasteiger partial charge in [0.1, 0.15) is 5.82 Å². The van der Waals surface area contributed by atoms with E-state index < -0.39 is 0 Å². The maximum atomic E-state index is 12.6. The molecule has 1 aliphatic rings. The number of carbonyl (C=O) groups is 1. The van der Waals surface area contributed by atoms with E-state index in [2.05, 4.69) is 65.6 Å². The molecule has 0 bridgehead atoms. The van der Waals surface area contributed by atoms with Crippen molar-refractivity contribution < 1.29 is 4.79 Å². The van der Waals surface area contributed by atoms with E-state index in [9.17, 15) is 4.79 Å². The van der Waals surface area contributed by atoms with E-state index in [1.165, 1.54) is 11.1 Å². The van der Waals surface area contributed by atoms with Crippen molar-refractivity contribution in [2.45, 2.75) is 59.4 Å². The Morgan fingerprint density at radius 3 is 2.34 bits per heavy atom. The normalized spacial score (nSPS) is 18.4. The monoisotopic (exact) mass is 474 g/mol. The lowest BCUT2D eigenvalue weighted by Gasteiger charge is -2.36. The highest BCUT2D eigenvalue weighted by Gasteiger charge is 2.32. The van der Waals surface area contributed by atoms with Crippen LogP contribution >= 0.6 is 0 Å². The molecular formula is C28H38N6O. The molecule has 7 heteroatoms. The van der Waals surface area contributed by atoms with E-state index in [0.29, 0.717) is 24.3 Å². The number of aromatic nitrogens is 2. The van der Waals surface area contributed by atoms with Crippen LogP contribution in [0.2, 0.25) is 0 Å². The van der Waals surface area contributed by atoms with Crippen LogP contribution in [0, 0.1) is 17.3 Å². The van der Waals surface area contributed by atoms with Crippen molar-refractivity contribution in [3.63, 3.8) is 0 Å². The first-order chi connectivity index (χ1) is 16.7. The molecule has 1 heterocycles. The minimum Gasteiger partial charge on any atom is -0.383 e. The molecular weight excluding hydrogens is 436 g/mol. The van der Waals surface area contributed by atoms with Crippen molar-refractivity contribution in [3.8, 4) is 0 Å². The number of carbonyl (C=O) groups excluding carboxylic acids is 1. The standard InChI is InChI=1S/C28H38N6O/c1-28(2,3)21-10-8-20(9-11-21)26(35)31-15-14-18-4-6-19(7-5-18)17-32-22-12-13-24-23(16-22)25(29)34-27(30)33-24/h4-7,12-13,16,20-21,32H,8-11,14-15,17H2,1-3H3,(H,31,35)(H4,29,30,33,34). The van der Waals surface area contributed by atoms with Crippen molar-refractivity contribution in [1.82, 2.24) is 15.3 Å². The van der Waals surface area contributed by atoms with Crippen molar-refractivity contribution in [2.24, 2.45) is 17.3 Å². The van der Waals surface area contributed by atoms with Gasteiger partial charge in [0.2, 0.25) is 11.9 Å². The van der Waals surface area contributed by atoms with Crippen LogP contribution in [-0.4, -0.2) is 22.4 Å². The topological polar surface area (TPSA) is 119 Å². The molecule has 1 fully saturated rings. The van der Waals surface area contributed by atoms with Crippen molar-refractivity contribution in [2.75, 3.05) is 23.3 Å². The Bertz CT molecular complexity index is 1160. The van der Waals surface area contributed by atoms with Crippen LogP contribution in [-0.2, 0) is 17.8 Å². The summed E-state index contributed by atoms with van der Waals surface area (Å²) in [6.07, 6.45) is 5.18. The summed E-state index contributed by atoms with van der Waals surface area (Å²) in [7, 11) is 0. The predicted octanol–water partition coefficient (Wildman–Crippen LogP) is 4.92. The Balaban J connectivity index is 1.22. The SMILES string of the molecule is CC(C)(C)C1CCC(C(=O)NCCc2ccc(CNc3ccc4nc(N)nc(N)c4c3)cc2)CC1. The number of hydrogen-bond acceptors (Lipinski definition) is 6. The molecule has 0 atom stereocenters. The minimum atomic E-state index is 0.177. The van der Waals surface area contributed by atoms with Gasteiger partial charge in [0, 0.05) is 30.1 Å². The Morgan fingerprint density at radius 1 is 0.971 bits per heavy atom. The number of hydrogen-bond donors (Lipinski definition) is 4. The third-order valence-corrected chi connectivity index (χ3v) is 7.30. The van der Waals surface area contributed by atoms with Crippen molar-refractivity contribution >= 4 is 34.3 Å². The molecule has 2 aromatic carbocycles. The highest BCUT2D eigenvalue weighted by molar-refractivity contribution is 5.91. The van der Waals surface area contributed by atoms with E-state index >= 15 is 0 Å². The van der Waals surface area contributed by atoms with Gasteiger partial charge in [0.25, 0.3) is 0 Å². The van der Waals surface area contributed by atoms with Crippen LogP contribution in [0.15, 0.2) is 42.5 Å². The second kappa shape index (κ2) is 10.5. The third-order valence-electron chi connectivity index (χ3n) is 7.30. The summed E-state index contributed by atoms with van der Waals surface area (Å²) in [5.41, 5.74) is 16.1. The lowest BCUT2D eigenvalue weighted by atomic mass is 9.69. The van der Waals surface area contributed by atoms with E-state index in [0.717, 1.165) is 54.6 Å². The van der Waals surface area contributed by atoms with Crippen LogP contribution in [0.4, 0.5) is 17.5 Å². The van der Waals surface area contributed by atoms with Gasteiger partial charge in [-0.25, -0.2) is 4.98 Å². The third kappa shape index (κ3) is 6.41. The second-order valence-electron chi connectivity index (χ2n) is 10.8. The smallest absolute Gasteiger partial charge is 0.223 e. The lowest BCUT2D eigenvalue weighted by Crippen LogP contribution is -2.36. The molecule has 1 amide bonds. The largest absolute Gasteiger partial charge is 0.383 e. The number of rotatable bonds is 7. The Kier molecular flexibility index (Phi) is 7.43. The van der Waals surface area contributed by atoms with E-state index in [4.69, 9.17) is 11.5 Å². The first-order valence-electron chi connectivity index (χ1n) is 12.6. The molecule has 0 radical (unpaired) electrons. The van der Waals surface area contributed by atoms with Gasteiger partial charge in [0.15, 0.2) is 0 Å². The van der Waals surface area contributed by atoms with Gasteiger partial charge >= 0.3 is 0 Å². The fourth-order valence-electron chi connectivity index (χ4n) is 5.00. The zero-order chi connectivity index (χ0) is 25.0. The number of nitrogen functional groups attached to an aromatic ring is 2. The Morgan fingerprint density at radius 2 is 1.66 bits per heavy atom. The highest BCUT2D eigenvalue weighted by Crippen LogP contribution is 2.39. The Labute approximate surface area is 208 Å². The maximum Gasteiger partial charge on any atom is 0.223 e. The molecule has 1 aliphatic carbocycles. The maximum absolute atomic E-state index is 12.6. The fraction of sp³-hybridized carbons (Fsp3) is 0.464. The van der Waals surface area contributed by atoms with Crippen LogP contribution in [0.1, 0.15) is 57.6 Å². The zero-order valence-corrected chi connectivity index (χ0v) is 21.1. The quantitative estimate of drug-likeness (QED) is 0.386. The molecule has 1 aromatic heterocycles. The lowest BCUT2D eigenvalue weighted by molar-refractivity contribution is -0.126. The van der Waals surface area contributed by atoms with Crippen LogP contribution in [0.25, 0.3) is 10.9 Å². The summed E-state index contributed by atoms with van der Waals surface area (Å²) in [4.78, 5) is 20.8. The molecule has 1 saturated carbocycles. The van der Waals surface area contributed by atoms with Gasteiger partial charge < -0.3 is 22.1 Å². The van der Waals surface area contributed by atoms with Gasteiger partial charge in [-0.15, -0.1) is 0 Å². The second-order valence-corrected chi connectivity index (χ2v) is 10.8. The number of benzene rings is 2. The summed E-state index contributed by atoms with van der Waals surface area (Å²) in [6, 6.07) is 14.3. The van der Waals surface area contributed by atoms with Gasteiger partial charge in [-0.2, -0.15) is 4.98 Å². The van der Waals surface area contributed by atoms with Gasteiger partial charge in [-0.05, 0) is 72.8 Å². The van der Waals surface area contributed by atoms with Crippen LogP contribution in [0.3, 0.4) is 0 Å². The van der Waals surface area contributed by atoms with Gasteiger partial charge in [-0.1, -0.05) is 45.0 Å². The average molecular weight is 475 g/mol. The van der Waals surface area contributed by atoms with Crippen LogP contribution < -0.4 is 22.1 Å². The van der Waals surface area contributed by atoms with Crippen molar-refractivity contribution in [1.29, 1.82) is 0 Å². The first kappa shape index (κ1) is 24.8. The Hall–Kier alpha value is -3.35. The molecule has 35 heavy (non-hydrogen) atoms. The van der Waals surface area contributed by atoms with Crippen molar-refractivity contribution in [3.05, 3.63) is 53.6 Å².